The van der Waals surface area contributed by atoms with E-state index in [-0.39, 0.29) is 44.6 Å². The van der Waals surface area contributed by atoms with Crippen LogP contribution in [-0.4, -0.2) is 6.71 Å². The Kier molecular flexibility index (Phi) is 11.2. The number of hydrogen-bond acceptors (Lipinski definition) is 4. The van der Waals surface area contributed by atoms with Crippen LogP contribution in [0.4, 0.5) is 51.4 Å². The van der Waals surface area contributed by atoms with Crippen molar-refractivity contribution in [2.45, 2.75) is 174 Å². The fourth-order valence-electron chi connectivity index (χ4n) is 15.4. The van der Waals surface area contributed by atoms with Crippen molar-refractivity contribution in [2.24, 2.45) is 0 Å². The Morgan fingerprint density at radius 3 is 1.63 bits per heavy atom. The highest BCUT2D eigenvalue weighted by Crippen LogP contribution is 2.56. The Morgan fingerprint density at radius 1 is 0.415 bits per heavy atom. The maximum Gasteiger partial charge on any atom is 0.257 e. The summed E-state index contributed by atoms with van der Waals surface area (Å²) in [6.45, 7) is 38.4. The zero-order valence-corrected chi connectivity index (χ0v) is 51.7. The Hall–Kier alpha value is -7.24. The van der Waals surface area contributed by atoms with E-state index in [1.807, 2.05) is 0 Å². The van der Waals surface area contributed by atoms with E-state index in [0.29, 0.717) is 0 Å². The molecular formula is C77H82BN3O. The van der Waals surface area contributed by atoms with Crippen LogP contribution in [0, 0.1) is 0 Å². The van der Waals surface area contributed by atoms with Crippen LogP contribution in [0.5, 0.6) is 0 Å². The number of rotatable bonds is 5. The second-order valence-corrected chi connectivity index (χ2v) is 30.4. The number of furan rings is 1. The highest BCUT2D eigenvalue weighted by atomic mass is 16.4. The highest BCUT2D eigenvalue weighted by Gasteiger charge is 2.50. The zero-order chi connectivity index (χ0) is 57.6. The standard InChI is InChI=1S/C77H82BN3O/c1-71(2,3)47-26-29-50(30-27-47)81-66-44-53(79(49-22-18-17-19-23-49)51-31-33-55-54-24-20-21-25-57(54)77(15,16)59(55)41-51)43-65-69(66)78(68-56-40-48(72(4,5)6)28-35-67(56)82-70(68)81)63-45-61-62(76(13,14)39-38-75(61,11)12)46-64(63)80(65)52-32-34-58-60(42-52)74(9,10)37-36-73(58,7)8/h17-35,40-46H,36-39H2,1-16H3. The summed E-state index contributed by atoms with van der Waals surface area (Å²) >= 11 is 0. The molecule has 1 aromatic heterocycles. The molecule has 0 amide bonds. The van der Waals surface area contributed by atoms with Crippen molar-refractivity contribution in [2.75, 3.05) is 14.7 Å². The maximum atomic E-state index is 7.57. The van der Waals surface area contributed by atoms with E-state index in [2.05, 4.69) is 283 Å². The van der Waals surface area contributed by atoms with Crippen LogP contribution in [0.3, 0.4) is 0 Å². The molecule has 0 bridgehead atoms. The van der Waals surface area contributed by atoms with Gasteiger partial charge in [0, 0.05) is 56.1 Å². The first-order chi connectivity index (χ1) is 38.6. The highest BCUT2D eigenvalue weighted by molar-refractivity contribution is 7.01. The molecule has 5 aliphatic rings. The number of benzene rings is 8. The van der Waals surface area contributed by atoms with Gasteiger partial charge in [-0.25, -0.2) is 0 Å². The first-order valence-electron chi connectivity index (χ1n) is 30.5. The number of para-hydroxylation sites is 1. The Morgan fingerprint density at radius 2 is 0.976 bits per heavy atom. The minimum atomic E-state index is -0.184. The predicted octanol–water partition coefficient (Wildman–Crippen LogP) is 19.6. The lowest BCUT2D eigenvalue weighted by Gasteiger charge is -2.47. The average molecular weight is 1080 g/mol. The van der Waals surface area contributed by atoms with Crippen molar-refractivity contribution in [3.63, 3.8) is 0 Å². The Bertz CT molecular complexity index is 4120. The van der Waals surface area contributed by atoms with E-state index in [9.17, 15) is 0 Å². The normalized spacial score (nSPS) is 18.2. The largest absolute Gasteiger partial charge is 0.440 e. The van der Waals surface area contributed by atoms with Crippen LogP contribution < -0.4 is 31.1 Å². The smallest absolute Gasteiger partial charge is 0.257 e. The molecule has 8 aromatic carbocycles. The fourth-order valence-corrected chi connectivity index (χ4v) is 15.4. The second kappa shape index (κ2) is 17.4. The molecule has 0 saturated carbocycles. The van der Waals surface area contributed by atoms with Crippen molar-refractivity contribution < 1.29 is 4.42 Å². The molecule has 0 spiro atoms. The first kappa shape index (κ1) is 52.8. The molecule has 0 atom stereocenters. The summed E-state index contributed by atoms with van der Waals surface area (Å²) in [5.74, 6) is 0.892. The molecule has 3 heterocycles. The van der Waals surface area contributed by atoms with Gasteiger partial charge in [0.25, 0.3) is 6.71 Å². The summed E-state index contributed by atoms with van der Waals surface area (Å²) in [5, 5.41) is 1.19. The summed E-state index contributed by atoms with van der Waals surface area (Å²) in [4.78, 5) is 7.74. The Labute approximate surface area is 489 Å². The van der Waals surface area contributed by atoms with Crippen LogP contribution >= 0.6 is 0 Å². The molecule has 0 N–H and O–H groups in total. The van der Waals surface area contributed by atoms with Crippen LogP contribution in [0.1, 0.15) is 181 Å². The molecule has 0 fully saturated rings. The molecule has 3 aliphatic carbocycles. The van der Waals surface area contributed by atoms with Gasteiger partial charge in [-0.2, -0.15) is 0 Å². The molecule has 414 valence electrons. The van der Waals surface area contributed by atoms with E-state index in [1.54, 1.807) is 0 Å². The maximum absolute atomic E-state index is 7.57. The first-order valence-corrected chi connectivity index (χ1v) is 30.5. The SMILES string of the molecule is CC(C)(C)c1ccc(N2c3cc(N(c4ccccc4)c4ccc5c(c4)C(C)(C)c4ccccc4-5)cc4c3B(c3cc5c(cc3N4c3ccc4c(c3)C(C)(C)CCC4(C)C)C(C)(C)CCC5(C)C)c3c2oc2ccc(C(C)(C)C)cc32)cc1. The number of nitrogens with zero attached hydrogens (tertiary/aromatic N) is 3. The van der Waals surface area contributed by atoms with Crippen molar-refractivity contribution in [3.8, 4) is 11.1 Å². The van der Waals surface area contributed by atoms with Gasteiger partial charge in [0.05, 0.1) is 5.69 Å². The summed E-state index contributed by atoms with van der Waals surface area (Å²) in [6.07, 6.45) is 4.57. The average Bonchev–Trinajstić information content (AvgIpc) is 1.31. The molecule has 82 heavy (non-hydrogen) atoms. The molecule has 2 aliphatic heterocycles. The van der Waals surface area contributed by atoms with Gasteiger partial charge in [-0.05, 0) is 204 Å². The third kappa shape index (κ3) is 7.83. The van der Waals surface area contributed by atoms with E-state index >= 15 is 0 Å². The van der Waals surface area contributed by atoms with Gasteiger partial charge in [0.15, 0.2) is 0 Å². The monoisotopic (exact) mass is 1080 g/mol. The molecular weight excluding hydrogens is 994 g/mol. The molecule has 14 rings (SSSR count). The van der Waals surface area contributed by atoms with Crippen LogP contribution in [0.2, 0.25) is 0 Å². The van der Waals surface area contributed by atoms with Crippen LogP contribution in [0.15, 0.2) is 162 Å². The minimum absolute atomic E-state index is 0.00165. The lowest BCUT2D eigenvalue weighted by atomic mass is 9.33. The van der Waals surface area contributed by atoms with E-state index in [1.165, 1.54) is 101 Å². The molecule has 4 nitrogen and oxygen atoms in total. The second-order valence-electron chi connectivity index (χ2n) is 30.4. The predicted molar refractivity (Wildman–Crippen MR) is 350 cm³/mol. The zero-order valence-electron chi connectivity index (χ0n) is 51.7. The van der Waals surface area contributed by atoms with E-state index in [4.69, 9.17) is 4.42 Å². The summed E-state index contributed by atoms with van der Waals surface area (Å²) in [7, 11) is 0. The molecule has 0 radical (unpaired) electrons. The molecule has 0 unspecified atom stereocenters. The lowest BCUT2D eigenvalue weighted by molar-refractivity contribution is 0.332. The molecule has 9 aromatic rings. The molecule has 5 heteroatoms. The third-order valence-corrected chi connectivity index (χ3v) is 20.7. The van der Waals surface area contributed by atoms with Gasteiger partial charge in [0.1, 0.15) is 5.58 Å². The minimum Gasteiger partial charge on any atom is -0.440 e. The van der Waals surface area contributed by atoms with E-state index in [0.717, 1.165) is 59.2 Å². The number of anilines is 9. The van der Waals surface area contributed by atoms with Crippen LogP contribution in [0.25, 0.3) is 22.1 Å². The van der Waals surface area contributed by atoms with E-state index < -0.39 is 0 Å². The van der Waals surface area contributed by atoms with Crippen molar-refractivity contribution >= 4 is 85.5 Å². The lowest BCUT2D eigenvalue weighted by Crippen LogP contribution is -2.61. The number of hydrogen-bond donors (Lipinski definition) is 0. The van der Waals surface area contributed by atoms with Gasteiger partial charge < -0.3 is 14.2 Å². The number of fused-ring (bicyclic) bond motifs is 11. The van der Waals surface area contributed by atoms with Gasteiger partial charge in [0.2, 0.25) is 5.88 Å². The van der Waals surface area contributed by atoms with Gasteiger partial charge in [-0.3, -0.25) is 4.90 Å². The fraction of sp³-hybridized carbons (Fsp3) is 0.351. The summed E-state index contributed by atoms with van der Waals surface area (Å²) in [5.41, 5.74) is 27.6. The van der Waals surface area contributed by atoms with Gasteiger partial charge in [-0.15, -0.1) is 0 Å². The van der Waals surface area contributed by atoms with Crippen molar-refractivity contribution in [1.82, 2.24) is 0 Å². The topological polar surface area (TPSA) is 22.9 Å². The van der Waals surface area contributed by atoms with Crippen molar-refractivity contribution in [3.05, 3.63) is 202 Å². The quantitative estimate of drug-likeness (QED) is 0.160. The van der Waals surface area contributed by atoms with Gasteiger partial charge >= 0.3 is 0 Å². The summed E-state index contributed by atoms with van der Waals surface area (Å²) < 4.78 is 7.57. The van der Waals surface area contributed by atoms with Crippen LogP contribution in [-0.2, 0) is 37.9 Å². The van der Waals surface area contributed by atoms with Gasteiger partial charge in [-0.1, -0.05) is 190 Å². The van der Waals surface area contributed by atoms with Crippen molar-refractivity contribution in [1.29, 1.82) is 0 Å². The third-order valence-electron chi connectivity index (χ3n) is 20.7. The summed E-state index contributed by atoms with van der Waals surface area (Å²) in [6, 6.07) is 61.7. The Balaban J connectivity index is 1.14. The molecule has 0 saturated heterocycles.